The maximum Gasteiger partial charge on any atom is 0.271 e. The number of ether oxygens (including phenoxy) is 2. The van der Waals surface area contributed by atoms with E-state index in [4.69, 9.17) is 46.5 Å². The van der Waals surface area contributed by atoms with Gasteiger partial charge in [0.05, 0.1) is 70.2 Å². The van der Waals surface area contributed by atoms with E-state index in [-0.39, 0.29) is 5.91 Å². The van der Waals surface area contributed by atoms with Crippen LogP contribution in [0.1, 0.15) is 33.4 Å². The van der Waals surface area contributed by atoms with Crippen LogP contribution in [0.25, 0.3) is 33.8 Å². The van der Waals surface area contributed by atoms with Gasteiger partial charge in [0.1, 0.15) is 11.5 Å². The topological polar surface area (TPSA) is 142 Å². The molecule has 3 aromatic carbocycles. The van der Waals surface area contributed by atoms with Crippen molar-refractivity contribution in [2.45, 2.75) is 26.1 Å². The zero-order valence-electron chi connectivity index (χ0n) is 29.2. The molecule has 1 aliphatic rings. The second kappa shape index (κ2) is 14.9. The van der Waals surface area contributed by atoms with E-state index in [1.54, 1.807) is 50.6 Å². The summed E-state index contributed by atoms with van der Waals surface area (Å²) in [6.07, 6.45) is 0.667. The zero-order chi connectivity index (χ0) is 36.4. The number of carbonyl (C=O) groups is 1. The molecular weight excluding hydrogens is 707 g/mol. The number of pyridine rings is 1. The molecular formula is C37H37Cl2N8O5+. The first-order chi connectivity index (χ1) is 25.1. The molecule has 15 heteroatoms. The van der Waals surface area contributed by atoms with Crippen molar-refractivity contribution in [2.24, 2.45) is 0 Å². The molecule has 3 aromatic heterocycles. The lowest BCUT2D eigenvalue weighted by Crippen LogP contribution is -2.45. The normalized spacial score (nSPS) is 13.3. The van der Waals surface area contributed by atoms with Gasteiger partial charge in [-0.2, -0.15) is 0 Å². The van der Waals surface area contributed by atoms with Crippen LogP contribution in [0.15, 0.2) is 69.5 Å². The van der Waals surface area contributed by atoms with Gasteiger partial charge in [-0.05, 0) is 42.5 Å². The van der Waals surface area contributed by atoms with Crippen LogP contribution in [0, 0.1) is 0 Å². The summed E-state index contributed by atoms with van der Waals surface area (Å²) in [6.45, 7) is 3.09. The minimum absolute atomic E-state index is 0.155. The lowest BCUT2D eigenvalue weighted by Gasteiger charge is -2.30. The van der Waals surface area contributed by atoms with Crippen LogP contribution >= 0.6 is 23.2 Å². The number of quaternary nitrogens is 1. The van der Waals surface area contributed by atoms with Gasteiger partial charge < -0.3 is 28.1 Å². The van der Waals surface area contributed by atoms with Crippen LogP contribution in [0.4, 0.5) is 0 Å². The molecule has 0 aliphatic carbocycles. The fourth-order valence-corrected chi connectivity index (χ4v) is 6.73. The third-order valence-corrected chi connectivity index (χ3v) is 9.47. The maximum atomic E-state index is 14.0. The molecule has 0 fully saturated rings. The van der Waals surface area contributed by atoms with E-state index in [1.807, 2.05) is 38.4 Å². The summed E-state index contributed by atoms with van der Waals surface area (Å²) in [5.41, 5.74) is 4.46. The van der Waals surface area contributed by atoms with Crippen molar-refractivity contribution < 1.29 is 27.6 Å². The summed E-state index contributed by atoms with van der Waals surface area (Å²) in [4.78, 5) is 21.2. The number of fused-ring (bicyclic) bond motifs is 2. The third-order valence-electron chi connectivity index (χ3n) is 8.99. The summed E-state index contributed by atoms with van der Waals surface area (Å²) in [5, 5.41) is 22.1. The van der Waals surface area contributed by atoms with Gasteiger partial charge in [0.25, 0.3) is 23.6 Å². The molecule has 0 radical (unpaired) electrons. The number of hydrogen-bond donors (Lipinski definition) is 1. The minimum Gasteiger partial charge on any atom is -0.496 e. The highest BCUT2D eigenvalue weighted by molar-refractivity contribution is 6.31. The Morgan fingerprint density at radius 1 is 0.885 bits per heavy atom. The van der Waals surface area contributed by atoms with Crippen molar-refractivity contribution >= 4 is 40.0 Å². The number of nitrogens with one attached hydrogen (secondary N) is 1. The molecule has 13 nitrogen and oxygen atoms in total. The van der Waals surface area contributed by atoms with Gasteiger partial charge in [0, 0.05) is 46.2 Å². The second-order valence-corrected chi connectivity index (χ2v) is 14.0. The van der Waals surface area contributed by atoms with Gasteiger partial charge in [-0.1, -0.05) is 41.4 Å². The summed E-state index contributed by atoms with van der Waals surface area (Å²) in [7, 11) is 7.24. The summed E-state index contributed by atoms with van der Waals surface area (Å²) < 4.78 is 23.4. The highest BCUT2D eigenvalue weighted by atomic mass is 35.5. The number of carbonyl (C=O) groups excluding carboxylic acids is 1. The SMILES string of the molecule is COc1ccc(Cl)cc1-c1nnc(CN2CCc3nc4ccccc4c(C(=O)NCC[N+](C)(C)Cc4nnc(-c5cc(Cl)ccc5OC)o4)c3C2)o1. The predicted octanol–water partition coefficient (Wildman–Crippen LogP) is 6.22. The van der Waals surface area contributed by atoms with E-state index in [1.165, 1.54) is 0 Å². The van der Waals surface area contributed by atoms with E-state index in [0.717, 1.165) is 22.2 Å². The molecule has 0 saturated heterocycles. The number of halogens is 2. The fourth-order valence-electron chi connectivity index (χ4n) is 6.38. The number of benzene rings is 3. The Morgan fingerprint density at radius 2 is 1.52 bits per heavy atom. The Labute approximate surface area is 310 Å². The van der Waals surface area contributed by atoms with E-state index in [2.05, 4.69) is 30.6 Å². The number of aromatic nitrogens is 5. The van der Waals surface area contributed by atoms with Crippen LogP contribution in [0.5, 0.6) is 11.5 Å². The van der Waals surface area contributed by atoms with Crippen molar-refractivity contribution in [3.63, 3.8) is 0 Å². The fraction of sp³-hybridized carbons (Fsp3) is 0.297. The van der Waals surface area contributed by atoms with Crippen LogP contribution in [0.2, 0.25) is 10.0 Å². The molecule has 7 rings (SSSR count). The molecule has 0 spiro atoms. The van der Waals surface area contributed by atoms with Gasteiger partial charge in [-0.3, -0.25) is 14.7 Å². The summed E-state index contributed by atoms with van der Waals surface area (Å²) in [6, 6.07) is 18.2. The number of methoxy groups -OCH3 is 2. The van der Waals surface area contributed by atoms with Crippen LogP contribution in [0.3, 0.4) is 0 Å². The molecule has 6 aromatic rings. The van der Waals surface area contributed by atoms with Crippen LogP contribution in [-0.2, 0) is 26.1 Å². The minimum atomic E-state index is -0.155. The van der Waals surface area contributed by atoms with Crippen LogP contribution in [-0.4, -0.2) is 88.6 Å². The van der Waals surface area contributed by atoms with Gasteiger partial charge >= 0.3 is 0 Å². The van der Waals surface area contributed by atoms with E-state index < -0.39 is 0 Å². The number of amides is 1. The molecule has 1 N–H and O–H groups in total. The third kappa shape index (κ3) is 7.58. The molecule has 4 heterocycles. The van der Waals surface area contributed by atoms with E-state index >= 15 is 0 Å². The highest BCUT2D eigenvalue weighted by Gasteiger charge is 2.28. The molecule has 0 bridgehead atoms. The molecule has 0 saturated carbocycles. The van der Waals surface area contributed by atoms with Gasteiger partial charge in [0.15, 0.2) is 6.54 Å². The molecule has 268 valence electrons. The van der Waals surface area contributed by atoms with Crippen molar-refractivity contribution in [1.82, 2.24) is 35.6 Å². The number of para-hydroxylation sites is 1. The van der Waals surface area contributed by atoms with Crippen molar-refractivity contribution in [2.75, 3.05) is 47.9 Å². The van der Waals surface area contributed by atoms with Crippen LogP contribution < -0.4 is 14.8 Å². The lowest BCUT2D eigenvalue weighted by atomic mass is 9.95. The monoisotopic (exact) mass is 743 g/mol. The largest absolute Gasteiger partial charge is 0.496 e. The Hall–Kier alpha value is -5.08. The second-order valence-electron chi connectivity index (χ2n) is 13.2. The first-order valence-electron chi connectivity index (χ1n) is 16.7. The average molecular weight is 745 g/mol. The maximum absolute atomic E-state index is 14.0. The Bertz CT molecular complexity index is 2260. The Morgan fingerprint density at radius 3 is 2.19 bits per heavy atom. The Balaban J connectivity index is 1.04. The Kier molecular flexibility index (Phi) is 10.1. The molecule has 1 amide bonds. The molecule has 0 atom stereocenters. The highest BCUT2D eigenvalue weighted by Crippen LogP contribution is 2.34. The van der Waals surface area contributed by atoms with Gasteiger partial charge in [-0.25, -0.2) is 0 Å². The summed E-state index contributed by atoms with van der Waals surface area (Å²) in [5.74, 6) is 2.57. The number of likely N-dealkylation sites (N-methyl/N-ethyl adjacent to an activating group) is 1. The van der Waals surface area contributed by atoms with Gasteiger partial charge in [0.2, 0.25) is 5.89 Å². The lowest BCUT2D eigenvalue weighted by molar-refractivity contribution is -0.903. The van der Waals surface area contributed by atoms with Crippen molar-refractivity contribution in [3.8, 4) is 34.4 Å². The molecule has 52 heavy (non-hydrogen) atoms. The van der Waals surface area contributed by atoms with Crippen molar-refractivity contribution in [3.05, 3.63) is 99.3 Å². The van der Waals surface area contributed by atoms with Crippen molar-refractivity contribution in [1.29, 1.82) is 0 Å². The zero-order valence-corrected chi connectivity index (χ0v) is 30.7. The van der Waals surface area contributed by atoms with E-state index in [0.29, 0.717) is 112 Å². The smallest absolute Gasteiger partial charge is 0.271 e. The molecule has 1 aliphatic heterocycles. The molecule has 0 unspecified atom stereocenters. The average Bonchev–Trinajstić information content (AvgIpc) is 3.80. The predicted molar refractivity (Wildman–Crippen MR) is 195 cm³/mol. The quantitative estimate of drug-likeness (QED) is 0.143. The van der Waals surface area contributed by atoms with E-state index in [9.17, 15) is 4.79 Å². The number of hydrogen-bond acceptors (Lipinski definition) is 11. The van der Waals surface area contributed by atoms with Gasteiger partial charge in [-0.15, -0.1) is 20.4 Å². The first-order valence-corrected chi connectivity index (χ1v) is 17.4. The number of nitrogens with zero attached hydrogens (tertiary/aromatic N) is 7. The summed E-state index contributed by atoms with van der Waals surface area (Å²) >= 11 is 12.4. The standard InChI is InChI=1S/C37H36Cl2N8O5/c1-47(2,21-33-43-45-37(52-33)26-18-23(39)10-12-31(26)50-4)16-14-40-35(48)34-24-7-5-6-8-28(24)41-29-13-15-46(19-27(29)34)20-32-42-44-36(51-32)25-17-22(38)9-11-30(25)49-3/h5-12,17-18H,13-16,19-21H2,1-4H3/p+1. The number of rotatable bonds is 12. The first kappa shape index (κ1) is 35.3.